The van der Waals surface area contributed by atoms with Crippen LogP contribution < -0.4 is 0 Å². The Bertz CT molecular complexity index is 168. The lowest BCUT2D eigenvalue weighted by Crippen LogP contribution is -2.41. The third kappa shape index (κ3) is 3.35. The third-order valence-corrected chi connectivity index (χ3v) is 1.03. The predicted octanol–water partition coefficient (Wildman–Crippen LogP) is 3.34. The maximum atomic E-state index is 11.8. The summed E-state index contributed by atoms with van der Waals surface area (Å²) < 4.78 is 92.1. The molecule has 8 heteroatoms. The molecule has 0 aliphatic rings. The van der Waals surface area contributed by atoms with Crippen molar-refractivity contribution in [3.8, 4) is 0 Å². The average Bonchev–Trinajstić information content (AvgIpc) is 1.83. The third-order valence-electron chi connectivity index (χ3n) is 1.03. The van der Waals surface area contributed by atoms with Crippen molar-refractivity contribution in [1.82, 2.24) is 0 Å². The molecule has 0 fully saturated rings. The maximum absolute atomic E-state index is 11.8. The molecule has 0 spiro atoms. The Labute approximate surface area is 67.5 Å². The van der Waals surface area contributed by atoms with Crippen LogP contribution in [0.25, 0.3) is 0 Å². The molecule has 0 amide bonds. The quantitative estimate of drug-likeness (QED) is 0.633. The number of alkyl halides is 7. The van der Waals surface area contributed by atoms with Crippen LogP contribution in [0.4, 0.5) is 35.1 Å². The molecule has 0 aliphatic carbocycles. The zero-order valence-corrected chi connectivity index (χ0v) is 5.81. The summed E-state index contributed by atoms with van der Waals surface area (Å²) in [5, 5.41) is 0. The Kier molecular flexibility index (Phi) is 3.16. The minimum atomic E-state index is -6.10. The van der Waals surface area contributed by atoms with E-state index in [1.807, 2.05) is 0 Å². The fourth-order valence-corrected chi connectivity index (χ4v) is 0.435. The summed E-state index contributed by atoms with van der Waals surface area (Å²) >= 11 is 0. The van der Waals surface area contributed by atoms with Gasteiger partial charge in [-0.2, -0.15) is 22.0 Å². The Morgan fingerprint density at radius 3 is 1.46 bits per heavy atom. The van der Waals surface area contributed by atoms with Gasteiger partial charge in [-0.3, -0.25) is 0 Å². The second-order valence-electron chi connectivity index (χ2n) is 2.25. The smallest absolute Gasteiger partial charge is 0.237 e. The van der Waals surface area contributed by atoms with E-state index in [4.69, 9.17) is 0 Å². The summed E-state index contributed by atoms with van der Waals surface area (Å²) in [6, 6.07) is 0. The summed E-state index contributed by atoms with van der Waals surface area (Å²) in [7, 11) is 0. The van der Waals surface area contributed by atoms with Gasteiger partial charge in [-0.1, -0.05) is 0 Å². The van der Waals surface area contributed by atoms with Crippen LogP contribution in [-0.4, -0.2) is 18.0 Å². The first kappa shape index (κ1) is 12.4. The summed E-state index contributed by atoms with van der Waals surface area (Å²) in [4.78, 5) is 0. The van der Waals surface area contributed by atoms with Crippen molar-refractivity contribution >= 4 is 0 Å². The Morgan fingerprint density at radius 1 is 0.846 bits per heavy atom. The molecule has 0 bridgehead atoms. The van der Waals surface area contributed by atoms with Crippen molar-refractivity contribution in [3.63, 3.8) is 0 Å². The lowest BCUT2D eigenvalue weighted by atomic mass is 10.1. The zero-order valence-electron chi connectivity index (χ0n) is 5.81. The molecule has 0 N–H and O–H groups in total. The molecule has 0 rings (SSSR count). The van der Waals surface area contributed by atoms with Crippen LogP contribution in [0.3, 0.4) is 0 Å². The van der Waals surface area contributed by atoms with Crippen LogP contribution in [-0.2, 0) is 0 Å². The number of hydrogen-bond donors (Lipinski definition) is 0. The van der Waals surface area contributed by atoms with Gasteiger partial charge in [0.1, 0.15) is 0 Å². The molecule has 0 saturated heterocycles. The second-order valence-corrected chi connectivity index (χ2v) is 2.25. The van der Waals surface area contributed by atoms with E-state index < -0.39 is 31.1 Å². The van der Waals surface area contributed by atoms with Crippen molar-refractivity contribution in [2.45, 2.75) is 24.4 Å². The van der Waals surface area contributed by atoms with E-state index in [-0.39, 0.29) is 0 Å². The van der Waals surface area contributed by atoms with E-state index >= 15 is 0 Å². The molecule has 0 saturated carbocycles. The molecule has 0 heterocycles. The SMILES string of the molecule is F[CH]C(F)(F)CC(F)(F)C(F)(F)F. The normalized spacial score (nSPS) is 14.8. The molecule has 79 valence electrons. The maximum Gasteiger partial charge on any atom is 0.453 e. The zero-order chi connectivity index (χ0) is 10.9. The highest BCUT2D eigenvalue weighted by Crippen LogP contribution is 2.43. The van der Waals surface area contributed by atoms with Gasteiger partial charge in [0.15, 0.2) is 0 Å². The van der Waals surface area contributed by atoms with Gasteiger partial charge in [0.05, 0.1) is 6.42 Å². The fraction of sp³-hybridized carbons (Fsp3) is 0.800. The van der Waals surface area contributed by atoms with E-state index in [1.54, 1.807) is 0 Å². The molecule has 0 nitrogen and oxygen atoms in total. The molecular formula is C5H3F8. The van der Waals surface area contributed by atoms with Crippen LogP contribution in [0.15, 0.2) is 0 Å². The van der Waals surface area contributed by atoms with E-state index in [9.17, 15) is 35.1 Å². The number of halogens is 8. The molecular weight excluding hydrogens is 212 g/mol. The summed E-state index contributed by atoms with van der Waals surface area (Å²) in [6.07, 6.45) is -9.01. The average molecular weight is 215 g/mol. The topological polar surface area (TPSA) is 0 Å². The predicted molar refractivity (Wildman–Crippen MR) is 26.0 cm³/mol. The van der Waals surface area contributed by atoms with E-state index in [1.165, 1.54) is 0 Å². The van der Waals surface area contributed by atoms with Gasteiger partial charge in [-0.15, -0.1) is 0 Å². The fourth-order valence-electron chi connectivity index (χ4n) is 0.435. The van der Waals surface area contributed by atoms with Crippen LogP contribution in [0.5, 0.6) is 0 Å². The molecule has 0 aromatic rings. The number of hydrogen-bond acceptors (Lipinski definition) is 0. The largest absolute Gasteiger partial charge is 0.453 e. The Balaban J connectivity index is 4.52. The standard InChI is InChI=1S/C5H3F8/c6-2-3(7,8)1-4(9,10)5(11,12)13/h2H,1H2. The highest BCUT2D eigenvalue weighted by Gasteiger charge is 2.61. The monoisotopic (exact) mass is 215 g/mol. The van der Waals surface area contributed by atoms with E-state index in [0.717, 1.165) is 0 Å². The van der Waals surface area contributed by atoms with Crippen molar-refractivity contribution in [1.29, 1.82) is 0 Å². The number of rotatable bonds is 3. The van der Waals surface area contributed by atoms with Gasteiger partial charge in [-0.25, -0.2) is 13.2 Å². The first-order valence-corrected chi connectivity index (χ1v) is 2.79. The molecule has 0 aliphatic heterocycles. The lowest BCUT2D eigenvalue weighted by molar-refractivity contribution is -0.299. The van der Waals surface area contributed by atoms with E-state index in [0.29, 0.717) is 0 Å². The van der Waals surface area contributed by atoms with Crippen molar-refractivity contribution in [2.75, 3.05) is 0 Å². The first-order valence-electron chi connectivity index (χ1n) is 2.79. The van der Waals surface area contributed by atoms with Gasteiger partial charge in [0, 0.05) is 0 Å². The van der Waals surface area contributed by atoms with Gasteiger partial charge in [-0.05, 0) is 0 Å². The Hall–Kier alpha value is -0.560. The molecule has 1 radical (unpaired) electrons. The van der Waals surface area contributed by atoms with Crippen LogP contribution >= 0.6 is 0 Å². The summed E-state index contributed by atoms with van der Waals surface area (Å²) in [6.45, 7) is -1.49. The van der Waals surface area contributed by atoms with Crippen LogP contribution in [0.2, 0.25) is 0 Å². The van der Waals surface area contributed by atoms with Crippen LogP contribution in [0.1, 0.15) is 6.42 Å². The Morgan fingerprint density at radius 2 is 1.23 bits per heavy atom. The van der Waals surface area contributed by atoms with Gasteiger partial charge in [0.2, 0.25) is 6.67 Å². The minimum absolute atomic E-state index is 1.49. The van der Waals surface area contributed by atoms with Crippen molar-refractivity contribution < 1.29 is 35.1 Å². The van der Waals surface area contributed by atoms with Gasteiger partial charge in [0.25, 0.3) is 5.92 Å². The molecule has 0 aromatic heterocycles. The minimum Gasteiger partial charge on any atom is -0.237 e. The van der Waals surface area contributed by atoms with Gasteiger partial charge < -0.3 is 0 Å². The highest BCUT2D eigenvalue weighted by atomic mass is 19.4. The molecule has 0 aromatic carbocycles. The molecule has 13 heavy (non-hydrogen) atoms. The molecule has 0 unspecified atom stereocenters. The summed E-state index contributed by atoms with van der Waals surface area (Å²) in [5.74, 6) is -10.4. The van der Waals surface area contributed by atoms with Crippen molar-refractivity contribution in [3.05, 3.63) is 6.67 Å². The highest BCUT2D eigenvalue weighted by molar-refractivity contribution is 4.87. The lowest BCUT2D eigenvalue weighted by Gasteiger charge is -2.22. The van der Waals surface area contributed by atoms with Gasteiger partial charge >= 0.3 is 12.1 Å². The van der Waals surface area contributed by atoms with E-state index in [2.05, 4.69) is 0 Å². The molecule has 0 atom stereocenters. The summed E-state index contributed by atoms with van der Waals surface area (Å²) in [5.41, 5.74) is 0. The van der Waals surface area contributed by atoms with Crippen molar-refractivity contribution in [2.24, 2.45) is 0 Å². The second kappa shape index (κ2) is 3.30. The first-order chi connectivity index (χ1) is 5.52. The van der Waals surface area contributed by atoms with Crippen LogP contribution in [0, 0.1) is 6.67 Å².